The molecule has 104 valence electrons. The minimum atomic E-state index is -4.44. The minimum absolute atomic E-state index is 0.115. The molecule has 1 aliphatic rings. The first-order chi connectivity index (χ1) is 8.29. The number of alkyl halides is 3. The van der Waals surface area contributed by atoms with Crippen molar-refractivity contribution in [1.82, 2.24) is 4.90 Å². The van der Waals surface area contributed by atoms with Crippen molar-refractivity contribution in [1.29, 1.82) is 0 Å². The Morgan fingerprint density at radius 3 is 2.78 bits per heavy atom. The van der Waals surface area contributed by atoms with Gasteiger partial charge in [-0.1, -0.05) is 12.2 Å². The number of nitrogens with two attached hydrogens (primary N) is 1. The molecule has 2 N–H and O–H groups in total. The lowest BCUT2D eigenvalue weighted by Gasteiger charge is -2.32. The molecule has 0 aromatic carbocycles. The number of morpholine rings is 1. The topological polar surface area (TPSA) is 64.8 Å². The second kappa shape index (κ2) is 6.30. The third kappa shape index (κ3) is 5.15. The number of halogens is 3. The molecule has 1 atom stereocenters. The van der Waals surface area contributed by atoms with Crippen LogP contribution in [0.1, 0.15) is 0 Å². The predicted octanol–water partition coefficient (Wildman–Crippen LogP) is 0.0788. The zero-order valence-corrected chi connectivity index (χ0v) is 10.2. The average molecular weight is 286 g/mol. The Balaban J connectivity index is 2.35. The van der Waals surface area contributed by atoms with E-state index < -0.39 is 31.4 Å². The van der Waals surface area contributed by atoms with Gasteiger partial charge in [0, 0.05) is 6.54 Å². The van der Waals surface area contributed by atoms with E-state index in [1.807, 2.05) is 0 Å². The Hall–Kier alpha value is -0.930. The first-order valence-corrected chi connectivity index (χ1v) is 5.53. The molecule has 1 rings (SSSR count). The molecule has 1 saturated heterocycles. The highest BCUT2D eigenvalue weighted by atomic mass is 32.1. The second-order valence-corrected chi connectivity index (χ2v) is 4.18. The van der Waals surface area contributed by atoms with Gasteiger partial charge in [-0.15, -0.1) is 0 Å². The largest absolute Gasteiger partial charge is 0.411 e. The van der Waals surface area contributed by atoms with E-state index >= 15 is 0 Å². The van der Waals surface area contributed by atoms with Crippen LogP contribution in [0.4, 0.5) is 13.2 Å². The van der Waals surface area contributed by atoms with Gasteiger partial charge in [-0.3, -0.25) is 4.79 Å². The van der Waals surface area contributed by atoms with Gasteiger partial charge in [0.2, 0.25) is 5.91 Å². The van der Waals surface area contributed by atoms with Crippen molar-refractivity contribution < 1.29 is 27.4 Å². The molecular formula is C9H13F3N2O3S. The summed E-state index contributed by atoms with van der Waals surface area (Å²) in [6, 6.07) is 0. The molecule has 0 aliphatic carbocycles. The molecule has 0 aromatic heterocycles. The Kier molecular flexibility index (Phi) is 5.29. The van der Waals surface area contributed by atoms with Crippen molar-refractivity contribution in [3.63, 3.8) is 0 Å². The summed E-state index contributed by atoms with van der Waals surface area (Å²) in [4.78, 5) is 13.0. The van der Waals surface area contributed by atoms with Crippen LogP contribution in [0.3, 0.4) is 0 Å². The lowest BCUT2D eigenvalue weighted by Crippen LogP contribution is -2.50. The number of ether oxygens (including phenoxy) is 2. The summed E-state index contributed by atoms with van der Waals surface area (Å²) in [5.74, 6) is -0.538. The SMILES string of the molecule is NC(=S)C1CN(C(=O)COCC(F)(F)F)CCO1. The van der Waals surface area contributed by atoms with E-state index in [2.05, 4.69) is 4.74 Å². The van der Waals surface area contributed by atoms with E-state index in [4.69, 9.17) is 22.7 Å². The van der Waals surface area contributed by atoms with Gasteiger partial charge in [0.1, 0.15) is 24.3 Å². The fraction of sp³-hybridized carbons (Fsp3) is 0.778. The van der Waals surface area contributed by atoms with Crippen molar-refractivity contribution in [3.05, 3.63) is 0 Å². The number of carbonyl (C=O) groups is 1. The molecular weight excluding hydrogens is 273 g/mol. The highest BCUT2D eigenvalue weighted by Crippen LogP contribution is 2.14. The van der Waals surface area contributed by atoms with Crippen LogP contribution in [0.25, 0.3) is 0 Å². The molecule has 0 saturated carbocycles. The third-order valence-corrected chi connectivity index (χ3v) is 2.49. The summed E-state index contributed by atoms with van der Waals surface area (Å²) in [6.07, 6.45) is -4.99. The number of nitrogens with zero attached hydrogens (tertiary/aromatic N) is 1. The van der Waals surface area contributed by atoms with Crippen molar-refractivity contribution in [2.45, 2.75) is 12.3 Å². The predicted molar refractivity (Wildman–Crippen MR) is 60.0 cm³/mol. The summed E-state index contributed by atoms with van der Waals surface area (Å²) in [6.45, 7) is -1.39. The van der Waals surface area contributed by atoms with Crippen LogP contribution in [0.5, 0.6) is 0 Å². The maximum absolute atomic E-state index is 11.8. The van der Waals surface area contributed by atoms with Crippen molar-refractivity contribution >= 4 is 23.1 Å². The van der Waals surface area contributed by atoms with Crippen molar-refractivity contribution in [3.8, 4) is 0 Å². The molecule has 0 spiro atoms. The van der Waals surface area contributed by atoms with Crippen LogP contribution >= 0.6 is 12.2 Å². The molecule has 0 bridgehead atoms. The van der Waals surface area contributed by atoms with Gasteiger partial charge in [0.25, 0.3) is 0 Å². The maximum Gasteiger partial charge on any atom is 0.411 e. The van der Waals surface area contributed by atoms with Gasteiger partial charge in [0.05, 0.1) is 13.2 Å². The molecule has 1 aliphatic heterocycles. The standard InChI is InChI=1S/C9H13F3N2O3S/c10-9(11,12)5-16-4-7(15)14-1-2-17-6(3-14)8(13)18/h6H,1-5H2,(H2,13,18). The van der Waals surface area contributed by atoms with Crippen molar-refractivity contribution in [2.75, 3.05) is 32.9 Å². The smallest absolute Gasteiger partial charge is 0.391 e. The van der Waals surface area contributed by atoms with Crippen LogP contribution in [-0.4, -0.2) is 61.0 Å². The molecule has 1 fully saturated rings. The van der Waals surface area contributed by atoms with Crippen molar-refractivity contribution in [2.24, 2.45) is 5.73 Å². The van der Waals surface area contributed by atoms with Crippen LogP contribution < -0.4 is 5.73 Å². The summed E-state index contributed by atoms with van der Waals surface area (Å²) in [5.41, 5.74) is 5.38. The highest BCUT2D eigenvalue weighted by molar-refractivity contribution is 7.80. The zero-order chi connectivity index (χ0) is 13.8. The van der Waals surface area contributed by atoms with E-state index in [9.17, 15) is 18.0 Å². The molecule has 5 nitrogen and oxygen atoms in total. The number of amides is 1. The summed E-state index contributed by atoms with van der Waals surface area (Å²) < 4.78 is 44.9. The van der Waals surface area contributed by atoms with E-state index in [1.54, 1.807) is 0 Å². The van der Waals surface area contributed by atoms with E-state index in [1.165, 1.54) is 4.90 Å². The van der Waals surface area contributed by atoms with E-state index in [0.29, 0.717) is 0 Å². The number of rotatable bonds is 4. The fourth-order valence-corrected chi connectivity index (χ4v) is 1.54. The van der Waals surface area contributed by atoms with E-state index in [-0.39, 0.29) is 24.7 Å². The first-order valence-electron chi connectivity index (χ1n) is 5.13. The lowest BCUT2D eigenvalue weighted by molar-refractivity contribution is -0.178. The van der Waals surface area contributed by atoms with Gasteiger partial charge in [-0.25, -0.2) is 0 Å². The van der Waals surface area contributed by atoms with Gasteiger partial charge in [-0.2, -0.15) is 13.2 Å². The molecule has 9 heteroatoms. The number of carbonyl (C=O) groups excluding carboxylic acids is 1. The van der Waals surface area contributed by atoms with Crippen LogP contribution in [0.15, 0.2) is 0 Å². The Bertz CT molecular complexity index is 325. The van der Waals surface area contributed by atoms with Crippen LogP contribution in [0, 0.1) is 0 Å². The zero-order valence-electron chi connectivity index (χ0n) is 9.40. The second-order valence-electron chi connectivity index (χ2n) is 3.71. The monoisotopic (exact) mass is 286 g/mol. The first kappa shape index (κ1) is 15.1. The summed E-state index contributed by atoms with van der Waals surface area (Å²) in [5, 5.41) is 0. The van der Waals surface area contributed by atoms with Gasteiger partial charge < -0.3 is 20.1 Å². The molecule has 1 unspecified atom stereocenters. The average Bonchev–Trinajstić information content (AvgIpc) is 2.27. The number of hydrogen-bond donors (Lipinski definition) is 1. The molecule has 1 heterocycles. The molecule has 0 radical (unpaired) electrons. The number of hydrogen-bond acceptors (Lipinski definition) is 4. The highest BCUT2D eigenvalue weighted by Gasteiger charge is 2.29. The molecule has 0 aromatic rings. The fourth-order valence-electron chi connectivity index (χ4n) is 1.39. The van der Waals surface area contributed by atoms with Crippen LogP contribution in [-0.2, 0) is 14.3 Å². The summed E-state index contributed by atoms with van der Waals surface area (Å²) in [7, 11) is 0. The Labute approximate surface area is 107 Å². The van der Waals surface area contributed by atoms with Gasteiger partial charge >= 0.3 is 6.18 Å². The maximum atomic E-state index is 11.8. The Morgan fingerprint density at radius 1 is 1.56 bits per heavy atom. The molecule has 1 amide bonds. The van der Waals surface area contributed by atoms with E-state index in [0.717, 1.165) is 0 Å². The van der Waals surface area contributed by atoms with Gasteiger partial charge in [-0.05, 0) is 0 Å². The molecule has 18 heavy (non-hydrogen) atoms. The van der Waals surface area contributed by atoms with Crippen LogP contribution in [0.2, 0.25) is 0 Å². The lowest BCUT2D eigenvalue weighted by atomic mass is 10.2. The van der Waals surface area contributed by atoms with Gasteiger partial charge in [0.15, 0.2) is 0 Å². The normalized spacial score (nSPS) is 20.8. The third-order valence-electron chi connectivity index (χ3n) is 2.23. The summed E-state index contributed by atoms with van der Waals surface area (Å²) >= 11 is 4.73. The Morgan fingerprint density at radius 2 is 2.22 bits per heavy atom. The number of thiocarbonyl (C=S) groups is 1. The minimum Gasteiger partial charge on any atom is -0.391 e. The quantitative estimate of drug-likeness (QED) is 0.741.